The van der Waals surface area contributed by atoms with Crippen LogP contribution in [0.4, 0.5) is 0 Å². The summed E-state index contributed by atoms with van der Waals surface area (Å²) in [6.45, 7) is 6.57. The van der Waals surface area contributed by atoms with Gasteiger partial charge in [0.05, 0.1) is 0 Å². The zero-order valence-electron chi connectivity index (χ0n) is 12.7. The number of aryl methyl sites for hydroxylation is 1. The third-order valence-electron chi connectivity index (χ3n) is 3.14. The van der Waals surface area contributed by atoms with Crippen LogP contribution >= 0.6 is 0 Å². The Bertz CT molecular complexity index is 290. The van der Waals surface area contributed by atoms with Gasteiger partial charge >= 0.3 is 7.12 Å². The van der Waals surface area contributed by atoms with Gasteiger partial charge in [-0.25, -0.2) is 0 Å². The largest absolute Gasteiger partial charge is 0.488 e. The minimum absolute atomic E-state index is 0.544. The van der Waals surface area contributed by atoms with Crippen molar-refractivity contribution in [1.29, 1.82) is 0 Å². The standard InChI is InChI=1S/C8H11BO2.C8H18/c1-2-7-3-5-8(6-4-7)9(10)11;1-3-5-7-8-6-4-2/h3-6,10-11H,2H2,1H3;3-8H2,1-2H3. The summed E-state index contributed by atoms with van der Waals surface area (Å²) in [5, 5.41) is 17.5. The molecule has 0 saturated carbocycles. The molecule has 0 atom stereocenters. The topological polar surface area (TPSA) is 40.5 Å². The lowest BCUT2D eigenvalue weighted by Gasteiger charge is -1.99. The van der Waals surface area contributed by atoms with Gasteiger partial charge in [-0.3, -0.25) is 0 Å². The fourth-order valence-electron chi connectivity index (χ4n) is 1.78. The molecule has 0 aliphatic carbocycles. The first-order chi connectivity index (χ1) is 9.15. The highest BCUT2D eigenvalue weighted by Crippen LogP contribution is 2.03. The smallest absolute Gasteiger partial charge is 0.423 e. The number of unbranched alkanes of at least 4 members (excludes halogenated alkanes) is 5. The van der Waals surface area contributed by atoms with Crippen molar-refractivity contribution in [3.05, 3.63) is 29.8 Å². The molecule has 0 aromatic heterocycles. The van der Waals surface area contributed by atoms with Crippen molar-refractivity contribution >= 4 is 12.6 Å². The maximum absolute atomic E-state index is 8.74. The van der Waals surface area contributed by atoms with Crippen LogP contribution in [0.25, 0.3) is 0 Å². The van der Waals surface area contributed by atoms with E-state index in [1.54, 1.807) is 12.1 Å². The average Bonchev–Trinajstić information content (AvgIpc) is 2.44. The molecule has 1 aromatic carbocycles. The molecular weight excluding hydrogens is 235 g/mol. The number of hydrogen-bond donors (Lipinski definition) is 2. The summed E-state index contributed by atoms with van der Waals surface area (Å²) in [5.74, 6) is 0. The Hall–Kier alpha value is -0.795. The Morgan fingerprint density at radius 1 is 0.789 bits per heavy atom. The highest BCUT2D eigenvalue weighted by atomic mass is 16.4. The van der Waals surface area contributed by atoms with Crippen LogP contribution in [0.2, 0.25) is 0 Å². The average molecular weight is 264 g/mol. The van der Waals surface area contributed by atoms with E-state index in [4.69, 9.17) is 10.0 Å². The Labute approximate surface area is 119 Å². The van der Waals surface area contributed by atoms with Gasteiger partial charge in [0.2, 0.25) is 0 Å². The molecule has 0 fully saturated rings. The molecule has 0 saturated heterocycles. The lowest BCUT2D eigenvalue weighted by Crippen LogP contribution is -2.29. The molecule has 0 heterocycles. The van der Waals surface area contributed by atoms with Gasteiger partial charge in [0.1, 0.15) is 0 Å². The summed E-state index contributed by atoms with van der Waals surface area (Å²) in [5.41, 5.74) is 1.75. The zero-order valence-corrected chi connectivity index (χ0v) is 12.7. The molecule has 0 radical (unpaired) electrons. The highest BCUT2D eigenvalue weighted by molar-refractivity contribution is 6.58. The van der Waals surface area contributed by atoms with Crippen LogP contribution in [0.3, 0.4) is 0 Å². The van der Waals surface area contributed by atoms with Crippen molar-refractivity contribution in [2.24, 2.45) is 0 Å². The van der Waals surface area contributed by atoms with Crippen molar-refractivity contribution < 1.29 is 10.0 Å². The fourth-order valence-corrected chi connectivity index (χ4v) is 1.78. The number of benzene rings is 1. The minimum atomic E-state index is -1.35. The van der Waals surface area contributed by atoms with E-state index in [0.717, 1.165) is 6.42 Å². The second kappa shape index (κ2) is 12.2. The van der Waals surface area contributed by atoms with Crippen molar-refractivity contribution in [2.45, 2.75) is 65.7 Å². The molecule has 0 aliphatic heterocycles. The summed E-state index contributed by atoms with van der Waals surface area (Å²) >= 11 is 0. The SMILES string of the molecule is CCCCCCCC.CCc1ccc(B(O)O)cc1. The predicted octanol–water partition coefficient (Wildman–Crippen LogP) is 3.30. The molecule has 0 aliphatic rings. The molecule has 1 aromatic rings. The highest BCUT2D eigenvalue weighted by Gasteiger charge is 2.08. The first-order valence-electron chi connectivity index (χ1n) is 7.60. The van der Waals surface area contributed by atoms with Gasteiger partial charge in [0.25, 0.3) is 0 Å². The summed E-state index contributed by atoms with van der Waals surface area (Å²) in [7, 11) is -1.35. The van der Waals surface area contributed by atoms with E-state index in [9.17, 15) is 0 Å². The molecule has 0 spiro atoms. The van der Waals surface area contributed by atoms with Gasteiger partial charge in [0.15, 0.2) is 0 Å². The van der Waals surface area contributed by atoms with Crippen LogP contribution in [-0.2, 0) is 6.42 Å². The third-order valence-corrected chi connectivity index (χ3v) is 3.14. The second-order valence-corrected chi connectivity index (χ2v) is 4.88. The zero-order chi connectivity index (χ0) is 14.5. The Balaban J connectivity index is 0.000000362. The lowest BCUT2D eigenvalue weighted by molar-refractivity contribution is 0.426. The van der Waals surface area contributed by atoms with Crippen LogP contribution in [0.1, 0.15) is 64.9 Å². The van der Waals surface area contributed by atoms with Crippen molar-refractivity contribution in [3.8, 4) is 0 Å². The Morgan fingerprint density at radius 2 is 1.26 bits per heavy atom. The monoisotopic (exact) mass is 264 g/mol. The maximum atomic E-state index is 8.74. The molecule has 108 valence electrons. The third kappa shape index (κ3) is 9.74. The molecule has 2 nitrogen and oxygen atoms in total. The maximum Gasteiger partial charge on any atom is 0.488 e. The molecule has 19 heavy (non-hydrogen) atoms. The van der Waals surface area contributed by atoms with Crippen LogP contribution < -0.4 is 5.46 Å². The second-order valence-electron chi connectivity index (χ2n) is 4.88. The van der Waals surface area contributed by atoms with Gasteiger partial charge < -0.3 is 10.0 Å². The van der Waals surface area contributed by atoms with Crippen LogP contribution in [0.15, 0.2) is 24.3 Å². The molecular formula is C16H29BO2. The van der Waals surface area contributed by atoms with E-state index in [1.165, 1.54) is 44.1 Å². The predicted molar refractivity (Wildman–Crippen MR) is 84.7 cm³/mol. The molecule has 0 bridgehead atoms. The van der Waals surface area contributed by atoms with Crippen LogP contribution in [0.5, 0.6) is 0 Å². The van der Waals surface area contributed by atoms with E-state index in [1.807, 2.05) is 12.1 Å². The van der Waals surface area contributed by atoms with Crippen molar-refractivity contribution in [1.82, 2.24) is 0 Å². The Morgan fingerprint density at radius 3 is 1.58 bits per heavy atom. The fraction of sp³-hybridized carbons (Fsp3) is 0.625. The van der Waals surface area contributed by atoms with E-state index in [2.05, 4.69) is 20.8 Å². The first kappa shape index (κ1) is 18.2. The molecule has 0 amide bonds. The molecule has 2 N–H and O–H groups in total. The van der Waals surface area contributed by atoms with E-state index < -0.39 is 7.12 Å². The Kier molecular flexibility index (Phi) is 11.7. The first-order valence-corrected chi connectivity index (χ1v) is 7.60. The molecule has 1 rings (SSSR count). The van der Waals surface area contributed by atoms with Crippen molar-refractivity contribution in [3.63, 3.8) is 0 Å². The van der Waals surface area contributed by atoms with Gasteiger partial charge in [-0.1, -0.05) is 83.6 Å². The van der Waals surface area contributed by atoms with Gasteiger partial charge in [-0.05, 0) is 17.4 Å². The van der Waals surface area contributed by atoms with Crippen LogP contribution in [-0.4, -0.2) is 17.2 Å². The number of hydrogen-bond acceptors (Lipinski definition) is 2. The summed E-state index contributed by atoms with van der Waals surface area (Å²) in [6, 6.07) is 7.25. The van der Waals surface area contributed by atoms with Crippen LogP contribution in [0, 0.1) is 0 Å². The normalized spacial score (nSPS) is 9.74. The van der Waals surface area contributed by atoms with E-state index in [-0.39, 0.29) is 0 Å². The van der Waals surface area contributed by atoms with Gasteiger partial charge in [0, 0.05) is 0 Å². The molecule has 0 unspecified atom stereocenters. The summed E-state index contributed by atoms with van der Waals surface area (Å²) < 4.78 is 0. The van der Waals surface area contributed by atoms with Gasteiger partial charge in [-0.15, -0.1) is 0 Å². The van der Waals surface area contributed by atoms with E-state index in [0.29, 0.717) is 5.46 Å². The van der Waals surface area contributed by atoms with E-state index >= 15 is 0 Å². The number of rotatable bonds is 7. The summed E-state index contributed by atoms with van der Waals surface area (Å²) in [6.07, 6.45) is 9.46. The summed E-state index contributed by atoms with van der Waals surface area (Å²) in [4.78, 5) is 0. The lowest BCUT2D eigenvalue weighted by atomic mass is 9.80. The molecule has 3 heteroatoms. The van der Waals surface area contributed by atoms with Crippen molar-refractivity contribution in [2.75, 3.05) is 0 Å². The van der Waals surface area contributed by atoms with Gasteiger partial charge in [-0.2, -0.15) is 0 Å². The quantitative estimate of drug-likeness (QED) is 0.586. The minimum Gasteiger partial charge on any atom is -0.423 e.